The standard InChI is InChI=1S/C22H24N6O2/c1-27(5-3-23)20(29)22-8-12-6-13(9-22)17(14(7-12)10-22)28-18-15-2-4-24-19(15)25-11-16(18)26-21(28)30/h2,4,11-14,17H,5-10H2,1H3,(H,24,25)(H,26,30). The first-order valence-electron chi connectivity index (χ1n) is 10.7. The summed E-state index contributed by atoms with van der Waals surface area (Å²) in [6.45, 7) is 0.129. The monoisotopic (exact) mass is 404 g/mol. The second-order valence-electron chi connectivity index (χ2n) is 9.62. The van der Waals surface area contributed by atoms with Crippen LogP contribution in [0.4, 0.5) is 0 Å². The summed E-state index contributed by atoms with van der Waals surface area (Å²) in [5.41, 5.74) is 2.02. The van der Waals surface area contributed by atoms with Gasteiger partial charge in [0.2, 0.25) is 5.91 Å². The summed E-state index contributed by atoms with van der Waals surface area (Å²) >= 11 is 0. The third-order valence-electron chi connectivity index (χ3n) is 7.89. The van der Waals surface area contributed by atoms with Crippen molar-refractivity contribution < 1.29 is 4.79 Å². The molecule has 0 aromatic carbocycles. The van der Waals surface area contributed by atoms with Crippen molar-refractivity contribution in [2.24, 2.45) is 23.2 Å². The average molecular weight is 404 g/mol. The number of nitrogens with one attached hydrogen (secondary N) is 2. The molecule has 2 N–H and O–H groups in total. The Morgan fingerprint density at radius 1 is 1.37 bits per heavy atom. The van der Waals surface area contributed by atoms with Crippen molar-refractivity contribution in [1.29, 1.82) is 5.26 Å². The predicted molar refractivity (Wildman–Crippen MR) is 110 cm³/mol. The van der Waals surface area contributed by atoms with Gasteiger partial charge in [0.25, 0.3) is 0 Å². The second-order valence-corrected chi connectivity index (χ2v) is 9.62. The van der Waals surface area contributed by atoms with E-state index in [-0.39, 0.29) is 29.6 Å². The second kappa shape index (κ2) is 5.97. The Morgan fingerprint density at radius 2 is 2.13 bits per heavy atom. The normalized spacial score (nSPS) is 32.0. The molecule has 0 spiro atoms. The smallest absolute Gasteiger partial charge is 0.326 e. The largest absolute Gasteiger partial charge is 0.346 e. The van der Waals surface area contributed by atoms with Crippen LogP contribution in [-0.4, -0.2) is 43.9 Å². The number of hydrogen-bond donors (Lipinski definition) is 2. The third-order valence-corrected chi connectivity index (χ3v) is 7.89. The van der Waals surface area contributed by atoms with Crippen LogP contribution < -0.4 is 5.69 Å². The lowest BCUT2D eigenvalue weighted by molar-refractivity contribution is -0.160. The van der Waals surface area contributed by atoms with Crippen LogP contribution in [0.25, 0.3) is 22.1 Å². The van der Waals surface area contributed by atoms with Crippen LogP contribution in [-0.2, 0) is 4.79 Å². The van der Waals surface area contributed by atoms with E-state index in [9.17, 15) is 9.59 Å². The quantitative estimate of drug-likeness (QED) is 0.654. The van der Waals surface area contributed by atoms with Crippen LogP contribution in [0, 0.1) is 34.5 Å². The summed E-state index contributed by atoms with van der Waals surface area (Å²) in [6, 6.07) is 4.18. The summed E-state index contributed by atoms with van der Waals surface area (Å²) in [7, 11) is 1.74. The summed E-state index contributed by atoms with van der Waals surface area (Å²) < 4.78 is 1.97. The fourth-order valence-electron chi connectivity index (χ4n) is 7.17. The molecule has 3 aromatic heterocycles. The Hall–Kier alpha value is -3.08. The van der Waals surface area contributed by atoms with Crippen molar-refractivity contribution in [3.63, 3.8) is 0 Å². The molecule has 2 atom stereocenters. The summed E-state index contributed by atoms with van der Waals surface area (Å²) in [5.74, 6) is 1.25. The maximum Gasteiger partial charge on any atom is 0.326 e. The number of H-pyrrole nitrogens is 2. The van der Waals surface area contributed by atoms with Crippen molar-refractivity contribution in [3.05, 3.63) is 28.9 Å². The van der Waals surface area contributed by atoms with Crippen LogP contribution in [0.2, 0.25) is 0 Å². The highest BCUT2D eigenvalue weighted by molar-refractivity contribution is 6.01. The number of carbonyl (C=O) groups excluding carboxylic acids is 1. The van der Waals surface area contributed by atoms with Crippen LogP contribution >= 0.6 is 0 Å². The zero-order valence-electron chi connectivity index (χ0n) is 16.9. The molecule has 154 valence electrons. The minimum Gasteiger partial charge on any atom is -0.346 e. The van der Waals surface area contributed by atoms with Gasteiger partial charge >= 0.3 is 5.69 Å². The van der Waals surface area contributed by atoms with Crippen molar-refractivity contribution in [3.8, 4) is 6.07 Å². The van der Waals surface area contributed by atoms with Crippen molar-refractivity contribution in [2.45, 2.75) is 38.1 Å². The number of aromatic nitrogens is 4. The first kappa shape index (κ1) is 17.8. The Labute approximate surface area is 172 Å². The topological polar surface area (TPSA) is 111 Å². The molecule has 3 heterocycles. The van der Waals surface area contributed by atoms with Gasteiger partial charge in [-0.15, -0.1) is 0 Å². The number of fused-ring (bicyclic) bond motifs is 3. The molecule has 1 amide bonds. The molecule has 3 aromatic rings. The number of aromatic amines is 2. The molecule has 0 saturated heterocycles. The molecular weight excluding hydrogens is 380 g/mol. The van der Waals surface area contributed by atoms with E-state index in [0.29, 0.717) is 17.8 Å². The van der Waals surface area contributed by atoms with Gasteiger partial charge in [0, 0.05) is 24.7 Å². The van der Waals surface area contributed by atoms with E-state index in [0.717, 1.165) is 54.2 Å². The van der Waals surface area contributed by atoms with Crippen LogP contribution in [0.1, 0.15) is 38.1 Å². The number of carbonyl (C=O) groups is 1. The molecule has 0 radical (unpaired) electrons. The number of nitriles is 1. The van der Waals surface area contributed by atoms with E-state index in [4.69, 9.17) is 5.26 Å². The molecule has 4 aliphatic rings. The van der Waals surface area contributed by atoms with Gasteiger partial charge in [0.05, 0.1) is 28.7 Å². The van der Waals surface area contributed by atoms with Gasteiger partial charge in [-0.2, -0.15) is 5.26 Å². The van der Waals surface area contributed by atoms with Crippen molar-refractivity contribution in [2.75, 3.05) is 13.6 Å². The van der Waals surface area contributed by atoms with Crippen molar-refractivity contribution in [1.82, 2.24) is 24.4 Å². The van der Waals surface area contributed by atoms with Gasteiger partial charge in [-0.1, -0.05) is 0 Å². The molecule has 8 nitrogen and oxygen atoms in total. The Kier molecular flexibility index (Phi) is 3.53. The van der Waals surface area contributed by atoms with E-state index in [1.54, 1.807) is 18.1 Å². The van der Waals surface area contributed by atoms with E-state index in [1.165, 1.54) is 0 Å². The molecule has 4 bridgehead atoms. The van der Waals surface area contributed by atoms with Gasteiger partial charge in [-0.25, -0.2) is 9.78 Å². The SMILES string of the molecule is CN(CC#N)C(=O)C12CC3CC(C1)C(n1c(=O)[nH]c4cnc5[nH]ccc5c41)C(C3)C2. The van der Waals surface area contributed by atoms with Gasteiger partial charge in [-0.05, 0) is 55.9 Å². The maximum absolute atomic E-state index is 13.3. The lowest BCUT2D eigenvalue weighted by Crippen LogP contribution is -2.57. The average Bonchev–Trinajstić information content (AvgIpc) is 3.31. The Bertz CT molecular complexity index is 1260. The summed E-state index contributed by atoms with van der Waals surface area (Å²) in [5, 5.41) is 10.00. The lowest BCUT2D eigenvalue weighted by Gasteiger charge is -2.59. The van der Waals surface area contributed by atoms with E-state index in [2.05, 4.69) is 21.0 Å². The minimum absolute atomic E-state index is 0.0834. The molecule has 8 heteroatoms. The zero-order chi connectivity index (χ0) is 20.6. The molecular formula is C22H24N6O2. The van der Waals surface area contributed by atoms with Crippen molar-refractivity contribution >= 4 is 28.0 Å². The van der Waals surface area contributed by atoms with Gasteiger partial charge in [0.15, 0.2) is 0 Å². The van der Waals surface area contributed by atoms with E-state index in [1.807, 2.05) is 16.8 Å². The first-order chi connectivity index (χ1) is 14.5. The van der Waals surface area contributed by atoms with Crippen LogP contribution in [0.5, 0.6) is 0 Å². The minimum atomic E-state index is -0.362. The van der Waals surface area contributed by atoms with E-state index < -0.39 is 0 Å². The van der Waals surface area contributed by atoms with Gasteiger partial charge in [0.1, 0.15) is 12.2 Å². The zero-order valence-corrected chi connectivity index (χ0v) is 16.9. The molecule has 2 unspecified atom stereocenters. The third kappa shape index (κ3) is 2.23. The molecule has 4 fully saturated rings. The fourth-order valence-corrected chi connectivity index (χ4v) is 7.17. The fraction of sp³-hybridized carbons (Fsp3) is 0.545. The first-order valence-corrected chi connectivity index (χ1v) is 10.7. The molecule has 0 aliphatic heterocycles. The molecule has 4 saturated carbocycles. The highest BCUT2D eigenvalue weighted by Crippen LogP contribution is 2.64. The van der Waals surface area contributed by atoms with Crippen LogP contribution in [0.15, 0.2) is 23.3 Å². The predicted octanol–water partition coefficient (Wildman–Crippen LogP) is 2.56. The van der Waals surface area contributed by atoms with E-state index >= 15 is 0 Å². The highest BCUT2D eigenvalue weighted by Gasteiger charge is 2.59. The number of imidazole rings is 1. The number of pyridine rings is 1. The summed E-state index contributed by atoms with van der Waals surface area (Å²) in [6.07, 6.45) is 8.26. The molecule has 30 heavy (non-hydrogen) atoms. The Morgan fingerprint density at radius 3 is 2.87 bits per heavy atom. The number of hydrogen-bond acceptors (Lipinski definition) is 4. The number of amides is 1. The molecule has 7 rings (SSSR count). The van der Waals surface area contributed by atoms with Gasteiger partial charge < -0.3 is 14.9 Å². The molecule has 4 aliphatic carbocycles. The Balaban J connectivity index is 1.45. The van der Waals surface area contributed by atoms with Crippen LogP contribution in [0.3, 0.4) is 0 Å². The number of nitrogens with zero attached hydrogens (tertiary/aromatic N) is 4. The van der Waals surface area contributed by atoms with Gasteiger partial charge in [-0.3, -0.25) is 9.36 Å². The lowest BCUT2D eigenvalue weighted by atomic mass is 9.47. The summed E-state index contributed by atoms with van der Waals surface area (Å²) in [4.78, 5) is 38.5. The maximum atomic E-state index is 13.3. The highest BCUT2D eigenvalue weighted by atomic mass is 16.2. The number of rotatable bonds is 3.